The predicted octanol–water partition coefficient (Wildman–Crippen LogP) is 3.28. The summed E-state index contributed by atoms with van der Waals surface area (Å²) >= 11 is 0. The van der Waals surface area contributed by atoms with Crippen LogP contribution < -0.4 is 5.73 Å². The number of rotatable bonds is 0. The van der Waals surface area contributed by atoms with Gasteiger partial charge in [-0.05, 0) is 33.7 Å². The van der Waals surface area contributed by atoms with Gasteiger partial charge in [-0.1, -0.05) is 36.4 Å². The summed E-state index contributed by atoms with van der Waals surface area (Å²) in [4.78, 5) is 0. The van der Waals surface area contributed by atoms with E-state index in [2.05, 4.69) is 12.1 Å². The second-order valence-electron chi connectivity index (χ2n) is 3.92. The molecule has 0 heterocycles. The first-order valence-corrected chi connectivity index (χ1v) is 5.16. The molecule has 0 amide bonds. The van der Waals surface area contributed by atoms with Crippen LogP contribution in [0.5, 0.6) is 5.75 Å². The van der Waals surface area contributed by atoms with Crippen molar-refractivity contribution in [1.82, 2.24) is 0 Å². The molecule has 0 bridgehead atoms. The maximum Gasteiger partial charge on any atom is 0.139 e. The highest BCUT2D eigenvalue weighted by atomic mass is 16.3. The molecule has 0 fully saturated rings. The number of phenolic OH excluding ortho intramolecular Hbond substituents is 1. The van der Waals surface area contributed by atoms with Gasteiger partial charge in [0.25, 0.3) is 0 Å². The zero-order valence-corrected chi connectivity index (χ0v) is 8.64. The topological polar surface area (TPSA) is 46.2 Å². The van der Waals surface area contributed by atoms with E-state index in [4.69, 9.17) is 5.73 Å². The summed E-state index contributed by atoms with van der Waals surface area (Å²) in [5, 5.41) is 14.0. The Morgan fingerprint density at radius 3 is 2.44 bits per heavy atom. The standard InChI is InChI=1S/C14H11NO/c15-13-7-10-6-5-9-3-1-2-4-11(9)12(10)8-14(13)16/h1-8,16H,15H2. The highest BCUT2D eigenvalue weighted by molar-refractivity contribution is 6.08. The lowest BCUT2D eigenvalue weighted by Gasteiger charge is -2.06. The summed E-state index contributed by atoms with van der Waals surface area (Å²) in [7, 11) is 0. The number of anilines is 1. The number of fused-ring (bicyclic) bond motifs is 3. The van der Waals surface area contributed by atoms with Gasteiger partial charge in [-0.25, -0.2) is 0 Å². The number of hydrogen-bond acceptors (Lipinski definition) is 2. The SMILES string of the molecule is Nc1cc2ccc3ccccc3c2cc1O. The van der Waals surface area contributed by atoms with Crippen molar-refractivity contribution in [3.05, 3.63) is 48.5 Å². The van der Waals surface area contributed by atoms with Crippen molar-refractivity contribution in [1.29, 1.82) is 0 Å². The quantitative estimate of drug-likeness (QED) is 0.339. The van der Waals surface area contributed by atoms with E-state index in [9.17, 15) is 5.11 Å². The van der Waals surface area contributed by atoms with Crippen molar-refractivity contribution in [2.75, 3.05) is 5.73 Å². The first-order valence-electron chi connectivity index (χ1n) is 5.16. The van der Waals surface area contributed by atoms with Crippen LogP contribution in [0.15, 0.2) is 48.5 Å². The Morgan fingerprint density at radius 2 is 1.56 bits per heavy atom. The third-order valence-corrected chi connectivity index (χ3v) is 2.89. The molecular weight excluding hydrogens is 198 g/mol. The molecule has 0 atom stereocenters. The lowest BCUT2D eigenvalue weighted by molar-refractivity contribution is 0.479. The smallest absolute Gasteiger partial charge is 0.139 e. The third-order valence-electron chi connectivity index (χ3n) is 2.89. The predicted molar refractivity (Wildman–Crippen MR) is 67.5 cm³/mol. The molecule has 3 aromatic rings. The molecule has 78 valence electrons. The Labute approximate surface area is 92.9 Å². The number of aromatic hydroxyl groups is 1. The van der Waals surface area contributed by atoms with Crippen molar-refractivity contribution in [2.24, 2.45) is 0 Å². The van der Waals surface area contributed by atoms with E-state index < -0.39 is 0 Å². The molecule has 0 aliphatic heterocycles. The zero-order valence-electron chi connectivity index (χ0n) is 8.64. The van der Waals surface area contributed by atoms with Crippen LogP contribution in [0.25, 0.3) is 21.5 Å². The van der Waals surface area contributed by atoms with E-state index in [-0.39, 0.29) is 5.75 Å². The highest BCUT2D eigenvalue weighted by Crippen LogP contribution is 2.31. The van der Waals surface area contributed by atoms with Gasteiger partial charge in [-0.2, -0.15) is 0 Å². The van der Waals surface area contributed by atoms with Crippen LogP contribution in [0.3, 0.4) is 0 Å². The van der Waals surface area contributed by atoms with Gasteiger partial charge in [0.15, 0.2) is 0 Å². The van der Waals surface area contributed by atoms with Gasteiger partial charge >= 0.3 is 0 Å². The van der Waals surface area contributed by atoms with Gasteiger partial charge in [-0.3, -0.25) is 0 Å². The normalized spacial score (nSPS) is 11.0. The molecule has 0 aromatic heterocycles. The number of hydrogen-bond donors (Lipinski definition) is 2. The molecule has 0 radical (unpaired) electrons. The van der Waals surface area contributed by atoms with Gasteiger partial charge in [0.2, 0.25) is 0 Å². The summed E-state index contributed by atoms with van der Waals surface area (Å²) in [6.45, 7) is 0. The van der Waals surface area contributed by atoms with Crippen LogP contribution in [-0.2, 0) is 0 Å². The first-order chi connectivity index (χ1) is 7.75. The second-order valence-corrected chi connectivity index (χ2v) is 3.92. The van der Waals surface area contributed by atoms with E-state index >= 15 is 0 Å². The van der Waals surface area contributed by atoms with Crippen LogP contribution in [0.1, 0.15) is 0 Å². The fraction of sp³-hybridized carbons (Fsp3) is 0. The van der Waals surface area contributed by atoms with Gasteiger partial charge in [0.1, 0.15) is 5.75 Å². The number of benzene rings is 3. The van der Waals surface area contributed by atoms with Crippen LogP contribution in [-0.4, -0.2) is 5.11 Å². The molecular formula is C14H11NO. The van der Waals surface area contributed by atoms with E-state index in [0.29, 0.717) is 5.69 Å². The van der Waals surface area contributed by atoms with Crippen LogP contribution in [0.4, 0.5) is 5.69 Å². The summed E-state index contributed by atoms with van der Waals surface area (Å²) in [6.07, 6.45) is 0. The summed E-state index contributed by atoms with van der Waals surface area (Å²) in [6, 6.07) is 15.7. The number of nitrogen functional groups attached to an aromatic ring is 1. The molecule has 0 spiro atoms. The molecule has 3 rings (SSSR count). The maximum absolute atomic E-state index is 9.65. The number of nitrogens with two attached hydrogens (primary N) is 1. The third kappa shape index (κ3) is 1.20. The summed E-state index contributed by atoms with van der Waals surface area (Å²) in [5.41, 5.74) is 6.10. The van der Waals surface area contributed by atoms with E-state index in [0.717, 1.165) is 16.2 Å². The Bertz CT molecular complexity index is 689. The molecule has 0 aliphatic rings. The zero-order chi connectivity index (χ0) is 11.1. The minimum Gasteiger partial charge on any atom is -0.506 e. The monoisotopic (exact) mass is 209 g/mol. The molecule has 0 aliphatic carbocycles. The lowest BCUT2D eigenvalue weighted by atomic mass is 10.0. The van der Waals surface area contributed by atoms with Crippen molar-refractivity contribution >= 4 is 27.2 Å². The maximum atomic E-state index is 9.65. The molecule has 16 heavy (non-hydrogen) atoms. The second kappa shape index (κ2) is 3.14. The van der Waals surface area contributed by atoms with E-state index in [1.54, 1.807) is 12.1 Å². The van der Waals surface area contributed by atoms with Crippen molar-refractivity contribution < 1.29 is 5.11 Å². The Kier molecular flexibility index (Phi) is 1.77. The van der Waals surface area contributed by atoms with Crippen LogP contribution in [0.2, 0.25) is 0 Å². The van der Waals surface area contributed by atoms with Crippen molar-refractivity contribution in [3.8, 4) is 5.75 Å². The molecule has 3 aromatic carbocycles. The fourth-order valence-corrected chi connectivity index (χ4v) is 2.06. The van der Waals surface area contributed by atoms with Crippen molar-refractivity contribution in [3.63, 3.8) is 0 Å². The van der Waals surface area contributed by atoms with Gasteiger partial charge in [0, 0.05) is 0 Å². The Hall–Kier alpha value is -2.22. The summed E-state index contributed by atoms with van der Waals surface area (Å²) in [5.74, 6) is 0.142. The molecule has 0 saturated heterocycles. The largest absolute Gasteiger partial charge is 0.506 e. The van der Waals surface area contributed by atoms with Gasteiger partial charge in [0.05, 0.1) is 5.69 Å². The van der Waals surface area contributed by atoms with E-state index in [1.165, 1.54) is 5.39 Å². The molecule has 3 N–H and O–H groups in total. The van der Waals surface area contributed by atoms with Gasteiger partial charge in [-0.15, -0.1) is 0 Å². The number of phenols is 1. The molecule has 0 saturated carbocycles. The highest BCUT2D eigenvalue weighted by Gasteiger charge is 2.03. The first kappa shape index (κ1) is 9.04. The van der Waals surface area contributed by atoms with Gasteiger partial charge < -0.3 is 10.8 Å². The minimum atomic E-state index is 0.142. The average molecular weight is 209 g/mol. The van der Waals surface area contributed by atoms with E-state index in [1.807, 2.05) is 24.3 Å². The molecule has 0 unspecified atom stereocenters. The summed E-state index contributed by atoms with van der Waals surface area (Å²) < 4.78 is 0. The van der Waals surface area contributed by atoms with Crippen molar-refractivity contribution in [2.45, 2.75) is 0 Å². The minimum absolute atomic E-state index is 0.142. The van der Waals surface area contributed by atoms with Crippen LogP contribution >= 0.6 is 0 Å². The molecule has 2 nitrogen and oxygen atoms in total. The lowest BCUT2D eigenvalue weighted by Crippen LogP contribution is -1.86. The fourth-order valence-electron chi connectivity index (χ4n) is 2.06. The molecule has 2 heteroatoms. The Balaban J connectivity index is 2.55. The average Bonchev–Trinajstić information content (AvgIpc) is 2.31. The Morgan fingerprint density at radius 1 is 0.812 bits per heavy atom. The van der Waals surface area contributed by atoms with Crippen LogP contribution in [0, 0.1) is 0 Å².